The molecule has 0 aromatic carbocycles. The fourth-order valence-electron chi connectivity index (χ4n) is 2.93. The molecule has 0 saturated carbocycles. The van der Waals surface area contributed by atoms with Crippen molar-refractivity contribution < 1.29 is 9.66 Å². The molecule has 1 fully saturated rings. The lowest BCUT2D eigenvalue weighted by atomic mass is 9.98. The molecule has 1 aliphatic heterocycles. The molecule has 6 nitrogen and oxygen atoms in total. The van der Waals surface area contributed by atoms with Crippen LogP contribution < -0.4 is 4.90 Å². The molecule has 2 heterocycles. The van der Waals surface area contributed by atoms with Gasteiger partial charge in [-0.15, -0.1) is 0 Å². The Labute approximate surface area is 118 Å². The van der Waals surface area contributed by atoms with Crippen molar-refractivity contribution in [3.63, 3.8) is 0 Å². The van der Waals surface area contributed by atoms with Gasteiger partial charge in [0.15, 0.2) is 0 Å². The number of aromatic nitrogens is 1. The molecule has 0 spiro atoms. The molecule has 0 unspecified atom stereocenters. The van der Waals surface area contributed by atoms with Crippen LogP contribution in [0.15, 0.2) is 12.3 Å². The molecule has 0 N–H and O–H groups in total. The van der Waals surface area contributed by atoms with Crippen molar-refractivity contribution in [3.05, 3.63) is 27.9 Å². The van der Waals surface area contributed by atoms with Gasteiger partial charge in [0.1, 0.15) is 0 Å². The molecule has 1 aliphatic rings. The number of morpholine rings is 1. The van der Waals surface area contributed by atoms with Crippen LogP contribution in [-0.2, 0) is 4.74 Å². The second-order valence-electron chi connectivity index (χ2n) is 6.53. The van der Waals surface area contributed by atoms with Crippen LogP contribution in [-0.4, -0.2) is 34.2 Å². The van der Waals surface area contributed by atoms with Crippen LogP contribution in [0.5, 0.6) is 0 Å². The van der Waals surface area contributed by atoms with E-state index in [1.165, 1.54) is 0 Å². The van der Waals surface area contributed by atoms with Crippen LogP contribution in [0.4, 0.5) is 11.5 Å². The number of hydrogen-bond acceptors (Lipinski definition) is 5. The van der Waals surface area contributed by atoms with Crippen molar-refractivity contribution in [3.8, 4) is 0 Å². The van der Waals surface area contributed by atoms with E-state index in [2.05, 4.69) is 4.98 Å². The van der Waals surface area contributed by atoms with Crippen molar-refractivity contribution >= 4 is 11.5 Å². The van der Waals surface area contributed by atoms with Crippen LogP contribution in [0.3, 0.4) is 0 Å². The van der Waals surface area contributed by atoms with Crippen molar-refractivity contribution in [1.29, 1.82) is 0 Å². The number of nitrogens with zero attached hydrogens (tertiary/aromatic N) is 3. The Balaban J connectivity index is 2.46. The highest BCUT2D eigenvalue weighted by Gasteiger charge is 2.40. The lowest BCUT2D eigenvalue weighted by Gasteiger charge is -2.47. The third kappa shape index (κ3) is 2.90. The van der Waals surface area contributed by atoms with Crippen LogP contribution >= 0.6 is 0 Å². The fraction of sp³-hybridized carbons (Fsp3) is 0.643. The summed E-state index contributed by atoms with van der Waals surface area (Å²) < 4.78 is 6.00. The van der Waals surface area contributed by atoms with Crippen LogP contribution in [0.1, 0.15) is 33.3 Å². The maximum atomic E-state index is 11.3. The molecule has 0 bridgehead atoms. The van der Waals surface area contributed by atoms with E-state index in [-0.39, 0.29) is 21.8 Å². The number of ether oxygens (including phenoxy) is 1. The molecule has 1 saturated heterocycles. The minimum Gasteiger partial charge on any atom is -0.366 e. The molecule has 1 aromatic heterocycles. The van der Waals surface area contributed by atoms with Crippen molar-refractivity contribution in [2.24, 2.45) is 0 Å². The fourth-order valence-corrected chi connectivity index (χ4v) is 2.93. The zero-order valence-electron chi connectivity index (χ0n) is 12.6. The average molecular weight is 279 g/mol. The lowest BCUT2D eigenvalue weighted by molar-refractivity contribution is -0.385. The summed E-state index contributed by atoms with van der Waals surface area (Å²) in [5.41, 5.74) is -0.0367. The Hall–Kier alpha value is -1.69. The SMILES string of the molecule is Cc1ccnc(N2CC(C)(C)OC(C)(C)C2)c1[N+](=O)[O-]. The van der Waals surface area contributed by atoms with Gasteiger partial charge in [-0.05, 0) is 40.7 Å². The van der Waals surface area contributed by atoms with Crippen LogP contribution in [0.2, 0.25) is 0 Å². The normalized spacial score (nSPS) is 20.8. The summed E-state index contributed by atoms with van der Waals surface area (Å²) in [6.07, 6.45) is 1.62. The number of nitro groups is 1. The summed E-state index contributed by atoms with van der Waals surface area (Å²) in [7, 11) is 0. The monoisotopic (exact) mass is 279 g/mol. The highest BCUT2D eigenvalue weighted by atomic mass is 16.6. The van der Waals surface area contributed by atoms with Gasteiger partial charge in [0.2, 0.25) is 5.82 Å². The van der Waals surface area contributed by atoms with E-state index < -0.39 is 0 Å². The number of hydrogen-bond donors (Lipinski definition) is 0. The number of anilines is 1. The third-order valence-corrected chi connectivity index (χ3v) is 3.28. The number of pyridine rings is 1. The highest BCUT2D eigenvalue weighted by molar-refractivity contribution is 5.62. The number of rotatable bonds is 2. The summed E-state index contributed by atoms with van der Waals surface area (Å²) >= 11 is 0. The zero-order valence-corrected chi connectivity index (χ0v) is 12.6. The zero-order chi connectivity index (χ0) is 15.1. The molecule has 2 rings (SSSR count). The van der Waals surface area contributed by atoms with Gasteiger partial charge in [0.25, 0.3) is 0 Å². The summed E-state index contributed by atoms with van der Waals surface area (Å²) in [6, 6.07) is 1.67. The first kappa shape index (κ1) is 14.7. The first-order valence-corrected chi connectivity index (χ1v) is 6.66. The van der Waals surface area contributed by atoms with E-state index in [9.17, 15) is 10.1 Å². The Morgan fingerprint density at radius 2 is 1.85 bits per heavy atom. The van der Waals surface area contributed by atoms with Gasteiger partial charge in [-0.3, -0.25) is 10.1 Å². The number of aryl methyl sites for hydroxylation is 1. The Morgan fingerprint density at radius 1 is 1.30 bits per heavy atom. The maximum Gasteiger partial charge on any atom is 0.314 e. The quantitative estimate of drug-likeness (QED) is 0.615. The Kier molecular flexibility index (Phi) is 3.46. The summed E-state index contributed by atoms with van der Waals surface area (Å²) in [4.78, 5) is 17.2. The first-order valence-electron chi connectivity index (χ1n) is 6.66. The standard InChI is InChI=1S/C14H21N3O3/c1-10-6-7-15-12(11(10)17(18)19)16-8-13(2,3)20-14(4,5)9-16/h6-7H,8-9H2,1-5H3. The van der Waals surface area contributed by atoms with Gasteiger partial charge >= 0.3 is 5.69 Å². The van der Waals surface area contributed by atoms with Gasteiger partial charge in [0.05, 0.1) is 16.1 Å². The van der Waals surface area contributed by atoms with Crippen LogP contribution in [0, 0.1) is 17.0 Å². The summed E-state index contributed by atoms with van der Waals surface area (Å²) in [5.74, 6) is 0.430. The minimum atomic E-state index is -0.374. The Morgan fingerprint density at radius 3 is 2.35 bits per heavy atom. The molecular formula is C14H21N3O3. The van der Waals surface area contributed by atoms with Gasteiger partial charge in [-0.25, -0.2) is 4.98 Å². The lowest BCUT2D eigenvalue weighted by Crippen LogP contribution is -2.57. The topological polar surface area (TPSA) is 68.5 Å². The van der Waals surface area contributed by atoms with Crippen LogP contribution in [0.25, 0.3) is 0 Å². The van der Waals surface area contributed by atoms with Crippen molar-refractivity contribution in [2.45, 2.75) is 45.8 Å². The third-order valence-electron chi connectivity index (χ3n) is 3.28. The predicted molar refractivity (Wildman–Crippen MR) is 77.1 cm³/mol. The van der Waals surface area contributed by atoms with E-state index in [4.69, 9.17) is 4.74 Å². The van der Waals surface area contributed by atoms with E-state index in [0.29, 0.717) is 24.5 Å². The molecular weight excluding hydrogens is 258 g/mol. The average Bonchev–Trinajstić information content (AvgIpc) is 2.23. The largest absolute Gasteiger partial charge is 0.366 e. The van der Waals surface area contributed by atoms with Crippen molar-refractivity contribution in [2.75, 3.05) is 18.0 Å². The maximum absolute atomic E-state index is 11.3. The molecule has 0 atom stereocenters. The van der Waals surface area contributed by atoms with Gasteiger partial charge < -0.3 is 9.64 Å². The molecule has 0 aliphatic carbocycles. The van der Waals surface area contributed by atoms with E-state index in [0.717, 1.165) is 0 Å². The van der Waals surface area contributed by atoms with E-state index in [1.54, 1.807) is 19.2 Å². The molecule has 0 amide bonds. The van der Waals surface area contributed by atoms with E-state index >= 15 is 0 Å². The Bertz CT molecular complexity index is 524. The second-order valence-corrected chi connectivity index (χ2v) is 6.53. The smallest absolute Gasteiger partial charge is 0.314 e. The molecule has 110 valence electrons. The predicted octanol–water partition coefficient (Wildman–Crippen LogP) is 2.69. The second kappa shape index (κ2) is 4.70. The molecule has 20 heavy (non-hydrogen) atoms. The summed E-state index contributed by atoms with van der Waals surface area (Å²) in [6.45, 7) is 10.8. The molecule has 0 radical (unpaired) electrons. The minimum absolute atomic E-state index is 0.0843. The highest BCUT2D eigenvalue weighted by Crippen LogP contribution is 2.35. The van der Waals surface area contributed by atoms with Gasteiger partial charge in [-0.1, -0.05) is 0 Å². The van der Waals surface area contributed by atoms with Crippen molar-refractivity contribution in [1.82, 2.24) is 4.98 Å². The molecule has 6 heteroatoms. The van der Waals surface area contributed by atoms with Gasteiger partial charge in [-0.2, -0.15) is 0 Å². The van der Waals surface area contributed by atoms with Gasteiger partial charge in [0, 0.05) is 24.8 Å². The van der Waals surface area contributed by atoms with E-state index in [1.807, 2.05) is 32.6 Å². The first-order chi connectivity index (χ1) is 9.11. The summed E-state index contributed by atoms with van der Waals surface area (Å²) in [5, 5.41) is 11.3. The molecule has 1 aromatic rings.